The van der Waals surface area contributed by atoms with Crippen LogP contribution in [0.25, 0.3) is 0 Å². The number of benzene rings is 1. The van der Waals surface area contributed by atoms with Crippen LogP contribution in [0, 0.1) is 12.3 Å². The van der Waals surface area contributed by atoms with Gasteiger partial charge in [-0.2, -0.15) is 6.42 Å². The average Bonchev–Trinajstić information content (AvgIpc) is 2.84. The number of hydrogen-bond acceptors (Lipinski definition) is 3. The Morgan fingerprint density at radius 2 is 1.77 bits per heavy atom. The van der Waals surface area contributed by atoms with Gasteiger partial charge in [0.25, 0.3) is 11.8 Å². The van der Waals surface area contributed by atoms with E-state index in [-0.39, 0.29) is 56.4 Å². The molecule has 0 aromatic heterocycles. The van der Waals surface area contributed by atoms with Crippen molar-refractivity contribution in [3.8, 4) is 0 Å². The number of aliphatic hydroxyl groups excluding tert-OH is 1. The van der Waals surface area contributed by atoms with Gasteiger partial charge in [-0.25, -0.2) is 10.0 Å². The first-order chi connectivity index (χ1) is 11.8. The second kappa shape index (κ2) is 9.77. The fourth-order valence-electron chi connectivity index (χ4n) is 2.72. The number of unbranched alkanes of at least 4 members (excludes halogenated alkanes) is 1. The first-order valence-electron chi connectivity index (χ1n) is 8.61. The molecule has 1 aliphatic heterocycles. The van der Waals surface area contributed by atoms with E-state index in [0.717, 1.165) is 18.4 Å². The van der Waals surface area contributed by atoms with E-state index < -0.39 is 6.10 Å². The van der Waals surface area contributed by atoms with Crippen LogP contribution in [0.3, 0.4) is 0 Å². The average molecular weight is 432 g/mol. The van der Waals surface area contributed by atoms with Crippen LogP contribution in [0.5, 0.6) is 0 Å². The zero-order chi connectivity index (χ0) is 18.6. The SMILES string of the molecule is [CH2-]CC/C=C\CN1C(=O)CC(=O)N1c1ccc(C(O)C(C)(C)C)cc1.[Y]. The molecule has 0 aliphatic carbocycles. The molecule has 0 bridgehead atoms. The summed E-state index contributed by atoms with van der Waals surface area (Å²) in [5.74, 6) is -0.442. The van der Waals surface area contributed by atoms with Gasteiger partial charge < -0.3 is 12.0 Å². The molecule has 139 valence electrons. The first kappa shape index (κ1) is 23.0. The Hall–Kier alpha value is -1.04. The number of amides is 2. The van der Waals surface area contributed by atoms with Gasteiger partial charge in [-0.3, -0.25) is 9.59 Å². The van der Waals surface area contributed by atoms with Gasteiger partial charge >= 0.3 is 0 Å². The standard InChI is InChI=1S/C20H27N2O3.Y/c1-5-6-7-8-13-21-17(23)14-18(24)22(21)16-11-9-15(10-12-16)19(25)20(2,3)4;/h7-12,19,25H,1,5-6,13-14H2,2-4H3;/q-1;/b8-7-;. The van der Waals surface area contributed by atoms with Gasteiger partial charge in [-0.05, 0) is 23.1 Å². The van der Waals surface area contributed by atoms with Gasteiger partial charge in [0.1, 0.15) is 6.42 Å². The number of carbonyl (C=O) groups is 2. The maximum absolute atomic E-state index is 12.2. The van der Waals surface area contributed by atoms with Crippen molar-refractivity contribution < 1.29 is 47.4 Å². The van der Waals surface area contributed by atoms with Crippen LogP contribution in [0.15, 0.2) is 36.4 Å². The third-order valence-electron chi connectivity index (χ3n) is 4.16. The molecule has 1 aromatic rings. The molecule has 1 N–H and O–H groups in total. The number of rotatable bonds is 6. The Balaban J connectivity index is 0.00000338. The van der Waals surface area contributed by atoms with Crippen LogP contribution in [0.4, 0.5) is 5.69 Å². The molecule has 1 aromatic carbocycles. The summed E-state index contributed by atoms with van der Waals surface area (Å²) in [6.07, 6.45) is 4.77. The summed E-state index contributed by atoms with van der Waals surface area (Å²) in [6.45, 7) is 10.0. The third-order valence-corrected chi connectivity index (χ3v) is 4.16. The molecular formula is C20H27N2O3Y-. The van der Waals surface area contributed by atoms with E-state index >= 15 is 0 Å². The van der Waals surface area contributed by atoms with Crippen molar-refractivity contribution in [2.75, 3.05) is 11.6 Å². The molecule has 5 nitrogen and oxygen atoms in total. The molecule has 1 fully saturated rings. The minimum atomic E-state index is -0.598. The van der Waals surface area contributed by atoms with Crippen LogP contribution in [-0.4, -0.2) is 28.5 Å². The number of nitrogens with zero attached hydrogens (tertiary/aromatic N) is 2. The molecule has 1 aliphatic rings. The zero-order valence-electron chi connectivity index (χ0n) is 15.8. The van der Waals surface area contributed by atoms with Crippen LogP contribution in [-0.2, 0) is 42.3 Å². The Morgan fingerprint density at radius 3 is 2.31 bits per heavy atom. The Bertz CT molecular complexity index is 650. The van der Waals surface area contributed by atoms with Gasteiger partial charge in [-0.15, -0.1) is 0 Å². The van der Waals surface area contributed by atoms with Crippen LogP contribution >= 0.6 is 0 Å². The molecule has 2 rings (SSSR count). The van der Waals surface area contributed by atoms with Crippen LogP contribution in [0.2, 0.25) is 0 Å². The van der Waals surface area contributed by atoms with E-state index in [0.29, 0.717) is 12.2 Å². The van der Waals surface area contributed by atoms with Crippen molar-refractivity contribution in [3.63, 3.8) is 0 Å². The molecule has 26 heavy (non-hydrogen) atoms. The van der Waals surface area contributed by atoms with Gasteiger partial charge in [0.2, 0.25) is 0 Å². The van der Waals surface area contributed by atoms with Gasteiger partial charge in [0.15, 0.2) is 0 Å². The van der Waals surface area contributed by atoms with Gasteiger partial charge in [-0.1, -0.05) is 51.5 Å². The van der Waals surface area contributed by atoms with Crippen LogP contribution in [0.1, 0.15) is 51.7 Å². The Labute approximate surface area is 181 Å². The maximum atomic E-state index is 12.2. The van der Waals surface area contributed by atoms with Crippen molar-refractivity contribution in [2.24, 2.45) is 5.41 Å². The summed E-state index contributed by atoms with van der Waals surface area (Å²) in [5.41, 5.74) is 1.15. The second-order valence-corrected chi connectivity index (χ2v) is 7.33. The number of hydrazine groups is 1. The molecule has 1 heterocycles. The molecule has 6 heteroatoms. The summed E-state index contributed by atoms with van der Waals surface area (Å²) >= 11 is 0. The van der Waals surface area contributed by atoms with E-state index in [9.17, 15) is 14.7 Å². The topological polar surface area (TPSA) is 60.9 Å². The van der Waals surface area contributed by atoms with Crippen molar-refractivity contribution in [3.05, 3.63) is 48.9 Å². The number of hydrogen-bond donors (Lipinski definition) is 1. The number of allylic oxidation sites excluding steroid dienone is 1. The minimum absolute atomic E-state index is 0. The summed E-state index contributed by atoms with van der Waals surface area (Å²) in [7, 11) is 0. The first-order valence-corrected chi connectivity index (χ1v) is 8.61. The second-order valence-electron chi connectivity index (χ2n) is 7.33. The molecule has 1 atom stereocenters. The van der Waals surface area contributed by atoms with Gasteiger partial charge in [0.05, 0.1) is 18.3 Å². The zero-order valence-corrected chi connectivity index (χ0v) is 18.7. The van der Waals surface area contributed by atoms with E-state index in [1.54, 1.807) is 24.3 Å². The normalized spacial score (nSPS) is 16.3. The summed E-state index contributed by atoms with van der Waals surface area (Å²) in [6, 6.07) is 7.15. The predicted octanol–water partition coefficient (Wildman–Crippen LogP) is 3.41. The Morgan fingerprint density at radius 1 is 1.15 bits per heavy atom. The monoisotopic (exact) mass is 432 g/mol. The molecule has 1 unspecified atom stereocenters. The van der Waals surface area contributed by atoms with Gasteiger partial charge in [0, 0.05) is 32.7 Å². The molecule has 1 saturated heterocycles. The summed E-state index contributed by atoms with van der Waals surface area (Å²) in [4.78, 5) is 24.4. The minimum Gasteiger partial charge on any atom is -0.388 e. The van der Waals surface area contributed by atoms with Crippen molar-refractivity contribution >= 4 is 17.5 Å². The van der Waals surface area contributed by atoms with E-state index in [2.05, 4.69) is 6.92 Å². The number of carbonyl (C=O) groups excluding carboxylic acids is 2. The van der Waals surface area contributed by atoms with E-state index in [1.807, 2.05) is 32.9 Å². The summed E-state index contributed by atoms with van der Waals surface area (Å²) in [5, 5.41) is 13.2. The fourth-order valence-corrected chi connectivity index (χ4v) is 2.72. The Kier molecular flexibility index (Phi) is 8.64. The molecule has 2 amide bonds. The number of anilines is 1. The van der Waals surface area contributed by atoms with E-state index in [4.69, 9.17) is 0 Å². The van der Waals surface area contributed by atoms with Crippen LogP contribution < -0.4 is 5.01 Å². The quantitative estimate of drug-likeness (QED) is 0.426. The molecule has 0 spiro atoms. The summed E-state index contributed by atoms with van der Waals surface area (Å²) < 4.78 is 0. The molecule has 0 saturated carbocycles. The fraction of sp³-hybridized carbons (Fsp3) is 0.450. The van der Waals surface area contributed by atoms with Crippen molar-refractivity contribution in [2.45, 2.75) is 46.1 Å². The third kappa shape index (κ3) is 5.48. The maximum Gasteiger partial charge on any atom is 0.255 e. The smallest absolute Gasteiger partial charge is 0.255 e. The molecular weight excluding hydrogens is 405 g/mol. The number of aliphatic hydroxyl groups is 1. The predicted molar refractivity (Wildman–Crippen MR) is 98.4 cm³/mol. The molecule has 1 radical (unpaired) electrons. The van der Waals surface area contributed by atoms with Crippen molar-refractivity contribution in [1.82, 2.24) is 5.01 Å². The largest absolute Gasteiger partial charge is 0.388 e. The van der Waals surface area contributed by atoms with E-state index in [1.165, 1.54) is 10.0 Å². The van der Waals surface area contributed by atoms with Crippen molar-refractivity contribution in [1.29, 1.82) is 0 Å².